The number of fused-ring (bicyclic) bond motifs is 1. The van der Waals surface area contributed by atoms with E-state index in [1.165, 1.54) is 11.3 Å². The van der Waals surface area contributed by atoms with Gasteiger partial charge in [-0.2, -0.15) is 0 Å². The number of piperidine rings is 1. The highest BCUT2D eigenvalue weighted by atomic mass is 35.5. The monoisotopic (exact) mass is 410 g/mol. The van der Waals surface area contributed by atoms with E-state index in [-0.39, 0.29) is 36.8 Å². The fourth-order valence-electron chi connectivity index (χ4n) is 2.72. The van der Waals surface area contributed by atoms with Crippen LogP contribution in [0.5, 0.6) is 0 Å². The molecule has 2 aromatic heterocycles. The first-order valence-corrected chi connectivity index (χ1v) is 9.45. The van der Waals surface area contributed by atoms with Crippen LogP contribution < -0.4 is 10.6 Å². The number of rotatable bonds is 4. The minimum absolute atomic E-state index is 0. The number of halogens is 2. The van der Waals surface area contributed by atoms with Gasteiger partial charge in [0.2, 0.25) is 0 Å². The molecule has 0 bridgehead atoms. The average molecular weight is 411 g/mol. The fourth-order valence-corrected chi connectivity index (χ4v) is 5.02. The highest BCUT2D eigenvalue weighted by molar-refractivity contribution is 7.29. The smallest absolute Gasteiger partial charge is 0.264 e. The van der Waals surface area contributed by atoms with Gasteiger partial charge in [-0.3, -0.25) is 4.79 Å². The molecule has 2 aromatic rings. The first-order valence-electron chi connectivity index (χ1n) is 7.82. The van der Waals surface area contributed by atoms with Crippen molar-refractivity contribution in [2.45, 2.75) is 32.7 Å². The minimum atomic E-state index is 0. The molecule has 0 spiro atoms. The molecule has 0 atom stereocenters. The average Bonchev–Trinajstić information content (AvgIpc) is 3.07. The van der Waals surface area contributed by atoms with Crippen LogP contribution in [-0.4, -0.2) is 48.0 Å². The second-order valence-electron chi connectivity index (χ2n) is 5.58. The van der Waals surface area contributed by atoms with E-state index in [1.807, 2.05) is 11.0 Å². The molecule has 2 N–H and O–H groups in total. The topological polar surface area (TPSA) is 62.5 Å². The normalized spacial score (nSPS) is 15.0. The van der Waals surface area contributed by atoms with Crippen LogP contribution in [0.15, 0.2) is 6.07 Å². The Labute approximate surface area is 163 Å². The van der Waals surface area contributed by atoms with E-state index in [2.05, 4.69) is 23.7 Å². The van der Waals surface area contributed by atoms with Crippen LogP contribution in [0.3, 0.4) is 0 Å². The highest BCUT2D eigenvalue weighted by Crippen LogP contribution is 2.35. The Morgan fingerprint density at radius 3 is 2.46 bits per heavy atom. The number of thiazole rings is 1. The van der Waals surface area contributed by atoms with E-state index in [0.717, 1.165) is 58.6 Å². The molecule has 1 fully saturated rings. The van der Waals surface area contributed by atoms with Gasteiger partial charge in [0, 0.05) is 32.2 Å². The summed E-state index contributed by atoms with van der Waals surface area (Å²) >= 11 is 3.18. The Morgan fingerprint density at radius 1 is 1.29 bits per heavy atom. The van der Waals surface area contributed by atoms with Crippen LogP contribution in [0, 0.1) is 0 Å². The molecule has 1 aliphatic rings. The number of thiophene rings is 1. The Bertz CT molecular complexity index is 632. The van der Waals surface area contributed by atoms with Crippen LogP contribution >= 0.6 is 47.5 Å². The van der Waals surface area contributed by atoms with Gasteiger partial charge in [0.25, 0.3) is 5.91 Å². The third kappa shape index (κ3) is 4.32. The molecule has 1 saturated heterocycles. The van der Waals surface area contributed by atoms with E-state index in [9.17, 15) is 4.79 Å². The molecule has 0 saturated carbocycles. The van der Waals surface area contributed by atoms with Gasteiger partial charge in [-0.1, -0.05) is 11.3 Å². The van der Waals surface area contributed by atoms with E-state index < -0.39 is 0 Å². The lowest BCUT2D eigenvalue weighted by Crippen LogP contribution is -2.42. The summed E-state index contributed by atoms with van der Waals surface area (Å²) < 4.78 is 1.11. The number of nitrogens with zero attached hydrogens (tertiary/aromatic N) is 3. The molecular weight excluding hydrogens is 387 g/mol. The number of carbonyl (C=O) groups is 1. The lowest BCUT2D eigenvalue weighted by atomic mass is 10.1. The number of hydrogen-bond donors (Lipinski definition) is 1. The van der Waals surface area contributed by atoms with Crippen molar-refractivity contribution in [2.24, 2.45) is 5.73 Å². The third-order valence-corrected chi connectivity index (χ3v) is 6.36. The zero-order valence-electron chi connectivity index (χ0n) is 13.9. The Hall–Kier alpha value is -0.600. The van der Waals surface area contributed by atoms with Gasteiger partial charge < -0.3 is 15.5 Å². The molecular formula is C15H24Cl2N4OS2. The summed E-state index contributed by atoms with van der Waals surface area (Å²) in [5, 5.41) is 1.05. The Kier molecular flexibility index (Phi) is 8.22. The van der Waals surface area contributed by atoms with E-state index in [4.69, 9.17) is 5.73 Å². The van der Waals surface area contributed by atoms with Crippen molar-refractivity contribution in [1.29, 1.82) is 0 Å². The second-order valence-corrected chi connectivity index (χ2v) is 7.62. The lowest BCUT2D eigenvalue weighted by molar-refractivity contribution is 0.0720. The summed E-state index contributed by atoms with van der Waals surface area (Å²) in [5.41, 5.74) is 5.90. The molecule has 24 heavy (non-hydrogen) atoms. The van der Waals surface area contributed by atoms with Crippen LogP contribution in [0.2, 0.25) is 0 Å². The number of hydrogen-bond acceptors (Lipinski definition) is 6. The summed E-state index contributed by atoms with van der Waals surface area (Å²) in [5.74, 6) is 0.131. The third-order valence-electron chi connectivity index (χ3n) is 4.15. The molecule has 3 heterocycles. The van der Waals surface area contributed by atoms with Gasteiger partial charge in [0.15, 0.2) is 5.13 Å². The SMILES string of the molecule is CCN(CC)c1nc2sc(C(=O)N3CCC(N)CC3)cc2s1.Cl.Cl. The summed E-state index contributed by atoms with van der Waals surface area (Å²) in [7, 11) is 0. The molecule has 136 valence electrons. The number of anilines is 1. The maximum absolute atomic E-state index is 12.6. The van der Waals surface area contributed by atoms with Crippen molar-refractivity contribution in [2.75, 3.05) is 31.1 Å². The summed E-state index contributed by atoms with van der Waals surface area (Å²) in [6.07, 6.45) is 1.80. The van der Waals surface area contributed by atoms with Gasteiger partial charge in [-0.25, -0.2) is 4.98 Å². The number of aromatic nitrogens is 1. The van der Waals surface area contributed by atoms with Gasteiger partial charge in [0.1, 0.15) is 4.83 Å². The number of likely N-dealkylation sites (tertiary alicyclic amines) is 1. The molecule has 9 heteroatoms. The molecule has 1 amide bonds. The summed E-state index contributed by atoms with van der Waals surface area (Å²) in [6, 6.07) is 2.25. The van der Waals surface area contributed by atoms with Crippen LogP contribution in [0.4, 0.5) is 5.13 Å². The van der Waals surface area contributed by atoms with Crippen molar-refractivity contribution >= 4 is 68.1 Å². The highest BCUT2D eigenvalue weighted by Gasteiger charge is 2.24. The molecule has 3 rings (SSSR count). The summed E-state index contributed by atoms with van der Waals surface area (Å²) in [4.78, 5) is 23.2. The van der Waals surface area contributed by atoms with Crippen LogP contribution in [0.25, 0.3) is 9.53 Å². The molecule has 0 aromatic carbocycles. The molecule has 1 aliphatic heterocycles. The van der Waals surface area contributed by atoms with Crippen LogP contribution in [-0.2, 0) is 0 Å². The maximum Gasteiger partial charge on any atom is 0.264 e. The fraction of sp³-hybridized carbons (Fsp3) is 0.600. The zero-order valence-corrected chi connectivity index (χ0v) is 17.1. The number of carbonyl (C=O) groups excluding carboxylic acids is 1. The van der Waals surface area contributed by atoms with E-state index in [0.29, 0.717) is 0 Å². The van der Waals surface area contributed by atoms with Gasteiger partial charge in [0.05, 0.1) is 9.58 Å². The number of amides is 1. The predicted molar refractivity (Wildman–Crippen MR) is 109 cm³/mol. The van der Waals surface area contributed by atoms with Crippen molar-refractivity contribution in [1.82, 2.24) is 9.88 Å². The zero-order chi connectivity index (χ0) is 15.7. The molecule has 0 unspecified atom stereocenters. The Balaban J connectivity index is 0.00000144. The van der Waals surface area contributed by atoms with Crippen molar-refractivity contribution < 1.29 is 4.79 Å². The van der Waals surface area contributed by atoms with Gasteiger partial charge in [-0.05, 0) is 32.8 Å². The quantitative estimate of drug-likeness (QED) is 0.835. The van der Waals surface area contributed by atoms with Crippen LogP contribution in [0.1, 0.15) is 36.4 Å². The van der Waals surface area contributed by atoms with Crippen molar-refractivity contribution in [3.05, 3.63) is 10.9 Å². The van der Waals surface area contributed by atoms with Crippen molar-refractivity contribution in [3.63, 3.8) is 0 Å². The number of nitrogens with two attached hydrogens (primary N) is 1. The maximum atomic E-state index is 12.6. The lowest BCUT2D eigenvalue weighted by Gasteiger charge is -2.29. The predicted octanol–water partition coefficient (Wildman–Crippen LogP) is 3.61. The standard InChI is InChI=1S/C15H22N4OS2.2ClH/c1-3-18(4-2)15-17-13-11(22-15)9-12(21-13)14(20)19-7-5-10(16)6-8-19;;/h9-10H,3-8,16H2,1-2H3;2*1H. The first kappa shape index (κ1) is 21.4. The first-order chi connectivity index (χ1) is 10.6. The van der Waals surface area contributed by atoms with E-state index >= 15 is 0 Å². The van der Waals surface area contributed by atoms with Gasteiger partial charge in [-0.15, -0.1) is 36.2 Å². The Morgan fingerprint density at radius 2 is 1.92 bits per heavy atom. The van der Waals surface area contributed by atoms with E-state index in [1.54, 1.807) is 11.3 Å². The second kappa shape index (κ2) is 9.20. The largest absolute Gasteiger partial charge is 0.349 e. The molecule has 5 nitrogen and oxygen atoms in total. The molecule has 0 radical (unpaired) electrons. The van der Waals surface area contributed by atoms with Crippen molar-refractivity contribution in [3.8, 4) is 0 Å². The molecule has 0 aliphatic carbocycles. The minimum Gasteiger partial charge on any atom is -0.349 e. The summed E-state index contributed by atoms with van der Waals surface area (Å²) in [6.45, 7) is 7.71. The van der Waals surface area contributed by atoms with Gasteiger partial charge >= 0.3 is 0 Å².